The number of nitrogens with zero attached hydrogens (tertiary/aromatic N) is 1. The van der Waals surface area contributed by atoms with E-state index in [9.17, 15) is 24.5 Å². The smallest absolute Gasteiger partial charge is 0.413 e. The summed E-state index contributed by atoms with van der Waals surface area (Å²) in [6.45, 7) is 10.2. The van der Waals surface area contributed by atoms with E-state index in [1.807, 2.05) is 0 Å². The minimum absolute atomic E-state index is 0.0492. The Balaban J connectivity index is 2.80. The van der Waals surface area contributed by atoms with E-state index in [4.69, 9.17) is 14.2 Å². The number of nitro groups is 1. The van der Waals surface area contributed by atoms with Gasteiger partial charge in [-0.25, -0.2) is 9.59 Å². The quantitative estimate of drug-likeness (QED) is 0.399. The molecule has 166 valence electrons. The lowest BCUT2D eigenvalue weighted by atomic mass is 10.1. The summed E-state index contributed by atoms with van der Waals surface area (Å²) in [5.41, 5.74) is -1.64. The number of esters is 2. The SMILES string of the molecule is CC(C)(C)OC(=O)CC[C@H](NC(=O)Oc1ccc([N+](=O)[O-])cc1)C(=O)OC(C)(C)C. The third-order valence-electron chi connectivity index (χ3n) is 3.30. The van der Waals surface area contributed by atoms with Gasteiger partial charge in [0.1, 0.15) is 23.0 Å². The average Bonchev–Trinajstić information content (AvgIpc) is 2.55. The molecule has 0 saturated carbocycles. The van der Waals surface area contributed by atoms with E-state index in [0.717, 1.165) is 0 Å². The highest BCUT2D eigenvalue weighted by molar-refractivity contribution is 5.83. The summed E-state index contributed by atoms with van der Waals surface area (Å²) in [4.78, 5) is 46.7. The molecule has 10 nitrogen and oxygen atoms in total. The van der Waals surface area contributed by atoms with Gasteiger partial charge in [0.05, 0.1) is 4.92 Å². The van der Waals surface area contributed by atoms with E-state index in [-0.39, 0.29) is 24.3 Å². The average molecular weight is 424 g/mol. The summed E-state index contributed by atoms with van der Waals surface area (Å²) in [7, 11) is 0. The number of amides is 1. The minimum atomic E-state index is -1.15. The summed E-state index contributed by atoms with van der Waals surface area (Å²) in [5.74, 6) is -1.21. The van der Waals surface area contributed by atoms with Crippen molar-refractivity contribution in [3.63, 3.8) is 0 Å². The van der Waals surface area contributed by atoms with Crippen molar-refractivity contribution in [3.8, 4) is 5.75 Å². The van der Waals surface area contributed by atoms with Gasteiger partial charge < -0.3 is 19.5 Å². The number of nitro benzene ring substituents is 1. The fraction of sp³-hybridized carbons (Fsp3) is 0.550. The first-order valence-corrected chi connectivity index (χ1v) is 9.34. The lowest BCUT2D eigenvalue weighted by Gasteiger charge is -2.25. The highest BCUT2D eigenvalue weighted by Crippen LogP contribution is 2.18. The molecule has 1 N–H and O–H groups in total. The van der Waals surface area contributed by atoms with Crippen LogP contribution in [0, 0.1) is 10.1 Å². The van der Waals surface area contributed by atoms with Crippen LogP contribution in [0.2, 0.25) is 0 Å². The zero-order valence-corrected chi connectivity index (χ0v) is 18.0. The molecule has 1 amide bonds. The molecule has 0 aromatic heterocycles. The highest BCUT2D eigenvalue weighted by Gasteiger charge is 2.29. The number of benzene rings is 1. The molecule has 0 aliphatic rings. The summed E-state index contributed by atoms with van der Waals surface area (Å²) in [6, 6.07) is 3.71. The maximum absolute atomic E-state index is 12.4. The second-order valence-corrected chi connectivity index (χ2v) is 8.50. The number of hydrogen-bond donors (Lipinski definition) is 1. The first kappa shape index (κ1) is 24.9. The predicted octanol–water partition coefficient (Wildman–Crippen LogP) is 3.52. The molecular weight excluding hydrogens is 396 g/mol. The molecule has 1 aromatic carbocycles. The van der Waals surface area contributed by atoms with E-state index in [2.05, 4.69) is 5.32 Å². The summed E-state index contributed by atoms with van der Waals surface area (Å²) < 4.78 is 15.6. The first-order valence-electron chi connectivity index (χ1n) is 9.34. The standard InChI is InChI=1S/C20H28N2O8/c1-19(2,3)29-16(23)12-11-15(17(24)30-20(4,5)6)21-18(25)28-14-9-7-13(8-10-14)22(26)27/h7-10,15H,11-12H2,1-6H3,(H,21,25)/t15-/m0/s1. The van der Waals surface area contributed by atoms with Gasteiger partial charge in [0, 0.05) is 18.6 Å². The maximum Gasteiger partial charge on any atom is 0.413 e. The Kier molecular flexibility index (Phi) is 8.32. The summed E-state index contributed by atoms with van der Waals surface area (Å²) >= 11 is 0. The fourth-order valence-corrected chi connectivity index (χ4v) is 2.19. The number of nitrogens with one attached hydrogen (secondary N) is 1. The van der Waals surface area contributed by atoms with Crippen molar-refractivity contribution in [1.82, 2.24) is 5.32 Å². The molecule has 0 spiro atoms. The Labute approximate surface area is 175 Å². The molecule has 10 heteroatoms. The Morgan fingerprint density at radius 2 is 1.53 bits per heavy atom. The van der Waals surface area contributed by atoms with Gasteiger partial charge in [-0.3, -0.25) is 14.9 Å². The second kappa shape index (κ2) is 10.0. The molecule has 1 atom stereocenters. The van der Waals surface area contributed by atoms with E-state index in [1.165, 1.54) is 24.3 Å². The maximum atomic E-state index is 12.4. The van der Waals surface area contributed by atoms with Gasteiger partial charge in [-0.05, 0) is 60.1 Å². The van der Waals surface area contributed by atoms with Crippen LogP contribution in [0.3, 0.4) is 0 Å². The van der Waals surface area contributed by atoms with Crippen molar-refractivity contribution in [2.24, 2.45) is 0 Å². The lowest BCUT2D eigenvalue weighted by molar-refractivity contribution is -0.384. The van der Waals surface area contributed by atoms with Crippen molar-refractivity contribution in [2.45, 2.75) is 71.6 Å². The molecular formula is C20H28N2O8. The first-order chi connectivity index (χ1) is 13.7. The molecule has 0 aliphatic carbocycles. The van der Waals surface area contributed by atoms with Crippen molar-refractivity contribution < 1.29 is 33.5 Å². The number of rotatable bonds is 7. The van der Waals surface area contributed by atoms with Crippen LogP contribution >= 0.6 is 0 Å². The topological polar surface area (TPSA) is 134 Å². The monoisotopic (exact) mass is 424 g/mol. The normalized spacial score (nSPS) is 12.5. The van der Waals surface area contributed by atoms with E-state index in [0.29, 0.717) is 0 Å². The van der Waals surface area contributed by atoms with Gasteiger partial charge in [0.15, 0.2) is 0 Å². The van der Waals surface area contributed by atoms with E-state index >= 15 is 0 Å². The third-order valence-corrected chi connectivity index (χ3v) is 3.30. The zero-order chi connectivity index (χ0) is 23.1. The van der Waals surface area contributed by atoms with Gasteiger partial charge in [0.25, 0.3) is 5.69 Å². The molecule has 0 fully saturated rings. The molecule has 0 heterocycles. The van der Waals surface area contributed by atoms with Gasteiger partial charge in [0.2, 0.25) is 0 Å². The van der Waals surface area contributed by atoms with Gasteiger partial charge in [-0.1, -0.05) is 0 Å². The van der Waals surface area contributed by atoms with Crippen LogP contribution in [0.4, 0.5) is 10.5 Å². The van der Waals surface area contributed by atoms with Crippen molar-refractivity contribution >= 4 is 23.7 Å². The van der Waals surface area contributed by atoms with Crippen LogP contribution in [-0.2, 0) is 19.1 Å². The van der Waals surface area contributed by atoms with Gasteiger partial charge in [-0.15, -0.1) is 0 Å². The van der Waals surface area contributed by atoms with Crippen LogP contribution < -0.4 is 10.1 Å². The van der Waals surface area contributed by atoms with Crippen LogP contribution in [0.1, 0.15) is 54.4 Å². The van der Waals surface area contributed by atoms with Crippen LogP contribution in [0.15, 0.2) is 24.3 Å². The molecule has 1 aromatic rings. The lowest BCUT2D eigenvalue weighted by Crippen LogP contribution is -2.45. The molecule has 1 rings (SSSR count). The Morgan fingerprint density at radius 1 is 1.00 bits per heavy atom. The molecule has 30 heavy (non-hydrogen) atoms. The van der Waals surface area contributed by atoms with E-state index < -0.39 is 40.2 Å². The van der Waals surface area contributed by atoms with Crippen LogP contribution in [-0.4, -0.2) is 40.2 Å². The van der Waals surface area contributed by atoms with Crippen molar-refractivity contribution in [3.05, 3.63) is 34.4 Å². The molecule has 0 aliphatic heterocycles. The molecule has 0 saturated heterocycles. The van der Waals surface area contributed by atoms with Crippen LogP contribution in [0.25, 0.3) is 0 Å². The van der Waals surface area contributed by atoms with E-state index in [1.54, 1.807) is 41.5 Å². The Hall–Kier alpha value is -3.17. The largest absolute Gasteiger partial charge is 0.460 e. The zero-order valence-electron chi connectivity index (χ0n) is 18.0. The fourth-order valence-electron chi connectivity index (χ4n) is 2.19. The summed E-state index contributed by atoms with van der Waals surface area (Å²) in [6.07, 6.45) is -1.15. The Morgan fingerprint density at radius 3 is 2.00 bits per heavy atom. The summed E-state index contributed by atoms with van der Waals surface area (Å²) in [5, 5.41) is 13.0. The number of carbonyl (C=O) groups is 3. The van der Waals surface area contributed by atoms with Crippen LogP contribution in [0.5, 0.6) is 5.75 Å². The van der Waals surface area contributed by atoms with Crippen molar-refractivity contribution in [2.75, 3.05) is 0 Å². The number of ether oxygens (including phenoxy) is 3. The van der Waals surface area contributed by atoms with Gasteiger partial charge in [-0.2, -0.15) is 0 Å². The minimum Gasteiger partial charge on any atom is -0.460 e. The number of non-ortho nitro benzene ring substituents is 1. The number of carbonyl (C=O) groups excluding carboxylic acids is 3. The van der Waals surface area contributed by atoms with Gasteiger partial charge >= 0.3 is 18.0 Å². The second-order valence-electron chi connectivity index (χ2n) is 8.50. The molecule has 0 bridgehead atoms. The molecule has 0 unspecified atom stereocenters. The predicted molar refractivity (Wildman–Crippen MR) is 107 cm³/mol. The van der Waals surface area contributed by atoms with Crippen molar-refractivity contribution in [1.29, 1.82) is 0 Å². The molecule has 0 radical (unpaired) electrons. The third kappa shape index (κ3) is 9.85. The Bertz CT molecular complexity index is 775. The number of hydrogen-bond acceptors (Lipinski definition) is 8. The highest BCUT2D eigenvalue weighted by atomic mass is 16.6.